The number of ether oxygens (including phenoxy) is 1. The van der Waals surface area contributed by atoms with Gasteiger partial charge in [-0.3, -0.25) is 4.99 Å². The topological polar surface area (TPSA) is 38.7 Å². The highest BCUT2D eigenvalue weighted by Gasteiger charge is 2.12. The first-order valence-corrected chi connectivity index (χ1v) is 8.16. The lowest BCUT2D eigenvalue weighted by molar-refractivity contribution is -0.136. The minimum Gasteiger partial charge on any atom is -0.457 e. The summed E-state index contributed by atoms with van der Waals surface area (Å²) in [7, 11) is 0. The van der Waals surface area contributed by atoms with Crippen molar-refractivity contribution in [2.45, 2.75) is 12.6 Å². The Hall–Kier alpha value is -3.20. The highest BCUT2D eigenvalue weighted by molar-refractivity contribution is 6.23. The molecule has 0 aliphatic rings. The SMILES string of the molecule is O=C(C=NC(c1ccccc1)c1ccccc1)OCc1ccccc1. The van der Waals surface area contributed by atoms with Crippen molar-refractivity contribution < 1.29 is 9.53 Å². The van der Waals surface area contributed by atoms with Gasteiger partial charge in [0.05, 0.1) is 0 Å². The van der Waals surface area contributed by atoms with Crippen LogP contribution in [0.3, 0.4) is 0 Å². The van der Waals surface area contributed by atoms with Crippen molar-refractivity contribution in [1.29, 1.82) is 0 Å². The van der Waals surface area contributed by atoms with Crippen LogP contribution in [0.5, 0.6) is 0 Å². The lowest BCUT2D eigenvalue weighted by atomic mass is 9.99. The highest BCUT2D eigenvalue weighted by Crippen LogP contribution is 2.25. The van der Waals surface area contributed by atoms with Crippen molar-refractivity contribution in [1.82, 2.24) is 0 Å². The van der Waals surface area contributed by atoms with Gasteiger partial charge in [-0.2, -0.15) is 0 Å². The third-order valence-electron chi connectivity index (χ3n) is 3.78. The molecule has 3 nitrogen and oxygen atoms in total. The van der Waals surface area contributed by atoms with Gasteiger partial charge in [0.1, 0.15) is 18.9 Å². The lowest BCUT2D eigenvalue weighted by Crippen LogP contribution is -2.08. The van der Waals surface area contributed by atoms with Crippen LogP contribution in [0.1, 0.15) is 22.7 Å². The molecule has 0 heterocycles. The Bertz CT molecular complexity index is 775. The summed E-state index contributed by atoms with van der Waals surface area (Å²) in [5, 5.41) is 0. The van der Waals surface area contributed by atoms with E-state index in [1.165, 1.54) is 6.21 Å². The first-order chi connectivity index (χ1) is 12.3. The summed E-state index contributed by atoms with van der Waals surface area (Å²) in [5.41, 5.74) is 3.01. The molecule has 3 heteroatoms. The molecule has 124 valence electrons. The van der Waals surface area contributed by atoms with Crippen molar-refractivity contribution >= 4 is 12.2 Å². The van der Waals surface area contributed by atoms with Crippen LogP contribution in [0.4, 0.5) is 0 Å². The fourth-order valence-electron chi connectivity index (χ4n) is 2.54. The maximum absolute atomic E-state index is 12.0. The predicted molar refractivity (Wildman–Crippen MR) is 99.5 cm³/mol. The van der Waals surface area contributed by atoms with Crippen LogP contribution in [0.25, 0.3) is 0 Å². The Balaban J connectivity index is 1.71. The summed E-state index contributed by atoms with van der Waals surface area (Å²) >= 11 is 0. The maximum Gasteiger partial charge on any atom is 0.349 e. The Kier molecular flexibility index (Phi) is 5.73. The van der Waals surface area contributed by atoms with Crippen molar-refractivity contribution in [2.75, 3.05) is 0 Å². The van der Waals surface area contributed by atoms with Gasteiger partial charge in [0.2, 0.25) is 0 Å². The summed E-state index contributed by atoms with van der Waals surface area (Å²) in [6, 6.07) is 29.2. The van der Waals surface area contributed by atoms with Crippen LogP contribution in [0.15, 0.2) is 96.0 Å². The van der Waals surface area contributed by atoms with Crippen LogP contribution in [-0.2, 0) is 16.1 Å². The fourth-order valence-corrected chi connectivity index (χ4v) is 2.54. The lowest BCUT2D eigenvalue weighted by Gasteiger charge is -2.13. The van der Waals surface area contributed by atoms with E-state index in [-0.39, 0.29) is 12.6 Å². The molecule has 0 aliphatic carbocycles. The summed E-state index contributed by atoms with van der Waals surface area (Å²) in [6.45, 7) is 0.243. The second-order valence-electron chi connectivity index (χ2n) is 5.60. The molecule has 25 heavy (non-hydrogen) atoms. The highest BCUT2D eigenvalue weighted by atomic mass is 16.5. The van der Waals surface area contributed by atoms with Gasteiger partial charge in [-0.15, -0.1) is 0 Å². The van der Waals surface area contributed by atoms with Gasteiger partial charge in [-0.25, -0.2) is 4.79 Å². The number of nitrogens with zero attached hydrogens (tertiary/aromatic N) is 1. The van der Waals surface area contributed by atoms with E-state index >= 15 is 0 Å². The Labute approximate surface area is 147 Å². The molecular weight excluding hydrogens is 310 g/mol. The molecule has 3 rings (SSSR count). The molecule has 0 atom stereocenters. The minimum atomic E-state index is -0.444. The molecular formula is C22H19NO2. The molecule has 0 saturated heterocycles. The molecule has 3 aromatic rings. The predicted octanol–water partition coefficient (Wildman–Crippen LogP) is 4.59. The van der Waals surface area contributed by atoms with E-state index in [1.54, 1.807) is 0 Å². The maximum atomic E-state index is 12.0. The summed E-state index contributed by atoms with van der Waals surface area (Å²) < 4.78 is 5.26. The molecule has 3 aromatic carbocycles. The number of aliphatic imine (C=N–C) groups is 1. The van der Waals surface area contributed by atoms with Crippen LogP contribution in [0.2, 0.25) is 0 Å². The van der Waals surface area contributed by atoms with Crippen molar-refractivity contribution in [3.63, 3.8) is 0 Å². The number of carbonyl (C=O) groups excluding carboxylic acids is 1. The van der Waals surface area contributed by atoms with Crippen LogP contribution < -0.4 is 0 Å². The van der Waals surface area contributed by atoms with Crippen LogP contribution in [0, 0.1) is 0 Å². The second-order valence-corrected chi connectivity index (χ2v) is 5.60. The molecule has 0 radical (unpaired) electrons. The number of carbonyl (C=O) groups is 1. The number of hydrogen-bond acceptors (Lipinski definition) is 3. The second kappa shape index (κ2) is 8.60. The average Bonchev–Trinajstić information content (AvgIpc) is 2.69. The zero-order valence-corrected chi connectivity index (χ0v) is 13.8. The Morgan fingerprint density at radius 1 is 0.800 bits per heavy atom. The molecule has 0 saturated carbocycles. The quantitative estimate of drug-likeness (QED) is 0.490. The minimum absolute atomic E-state index is 0.230. The number of rotatable bonds is 6. The largest absolute Gasteiger partial charge is 0.457 e. The monoisotopic (exact) mass is 329 g/mol. The van der Waals surface area contributed by atoms with E-state index in [4.69, 9.17) is 4.74 Å². The van der Waals surface area contributed by atoms with Crippen molar-refractivity contribution in [3.8, 4) is 0 Å². The molecule has 0 bridgehead atoms. The molecule has 0 spiro atoms. The summed E-state index contributed by atoms with van der Waals surface area (Å²) in [5.74, 6) is -0.444. The first kappa shape index (κ1) is 16.7. The molecule has 0 N–H and O–H groups in total. The third kappa shape index (κ3) is 4.88. The van der Waals surface area contributed by atoms with Crippen molar-refractivity contribution in [3.05, 3.63) is 108 Å². The molecule has 0 amide bonds. The van der Waals surface area contributed by atoms with Gasteiger partial charge >= 0.3 is 5.97 Å². The zero-order valence-electron chi connectivity index (χ0n) is 13.8. The van der Waals surface area contributed by atoms with E-state index in [2.05, 4.69) is 4.99 Å². The summed E-state index contributed by atoms with van der Waals surface area (Å²) in [4.78, 5) is 16.5. The van der Waals surface area contributed by atoms with Gasteiger partial charge in [0.25, 0.3) is 0 Å². The van der Waals surface area contributed by atoms with Crippen LogP contribution >= 0.6 is 0 Å². The van der Waals surface area contributed by atoms with E-state index in [9.17, 15) is 4.79 Å². The van der Waals surface area contributed by atoms with Gasteiger partial charge in [-0.05, 0) is 16.7 Å². The number of hydrogen-bond donors (Lipinski definition) is 0. The summed E-state index contributed by atoms with van der Waals surface area (Å²) in [6.07, 6.45) is 1.27. The van der Waals surface area contributed by atoms with E-state index in [0.717, 1.165) is 16.7 Å². The fraction of sp³-hybridized carbons (Fsp3) is 0.0909. The standard InChI is InChI=1S/C22H19NO2/c24-21(25-17-18-10-4-1-5-11-18)16-23-22(19-12-6-2-7-13-19)20-14-8-3-9-15-20/h1-16,22H,17H2. The molecule has 0 aromatic heterocycles. The van der Waals surface area contributed by atoms with Gasteiger partial charge in [0.15, 0.2) is 0 Å². The van der Waals surface area contributed by atoms with Gasteiger partial charge < -0.3 is 4.74 Å². The smallest absolute Gasteiger partial charge is 0.349 e. The zero-order chi connectivity index (χ0) is 17.3. The number of benzene rings is 3. The third-order valence-corrected chi connectivity index (χ3v) is 3.78. The Morgan fingerprint density at radius 3 is 1.80 bits per heavy atom. The molecule has 0 fully saturated rings. The Morgan fingerprint density at radius 2 is 1.28 bits per heavy atom. The normalized spacial score (nSPS) is 10.9. The van der Waals surface area contributed by atoms with Crippen LogP contribution in [-0.4, -0.2) is 12.2 Å². The first-order valence-electron chi connectivity index (χ1n) is 8.16. The van der Waals surface area contributed by atoms with Crippen molar-refractivity contribution in [2.24, 2.45) is 4.99 Å². The van der Waals surface area contributed by atoms with E-state index in [0.29, 0.717) is 0 Å². The van der Waals surface area contributed by atoms with E-state index in [1.807, 2.05) is 91.0 Å². The molecule has 0 unspecified atom stereocenters. The number of esters is 1. The molecule has 0 aliphatic heterocycles. The van der Waals surface area contributed by atoms with Gasteiger partial charge in [-0.1, -0.05) is 91.0 Å². The van der Waals surface area contributed by atoms with Gasteiger partial charge in [0, 0.05) is 0 Å². The van der Waals surface area contributed by atoms with E-state index < -0.39 is 5.97 Å². The average molecular weight is 329 g/mol.